The normalized spacial score (nSPS) is 10.5. The van der Waals surface area contributed by atoms with E-state index in [0.717, 1.165) is 26.8 Å². The minimum absolute atomic E-state index is 0.337. The lowest BCUT2D eigenvalue weighted by Crippen LogP contribution is -1.81. The monoisotopic (exact) mass is 264 g/mol. The number of halogens is 1. The second kappa shape index (κ2) is 5.48. The standard InChI is InChI=1S/C14H13ClOS/c1-2-10-3-8-14(13(16)9-10)17-12-6-4-11(15)5-7-12/h3-9,16H,2H2,1H3. The van der Waals surface area contributed by atoms with E-state index in [1.54, 1.807) is 0 Å². The Morgan fingerprint density at radius 3 is 2.41 bits per heavy atom. The molecule has 2 aromatic carbocycles. The third-order valence-corrected chi connectivity index (χ3v) is 3.80. The van der Waals surface area contributed by atoms with Gasteiger partial charge in [0.15, 0.2) is 0 Å². The van der Waals surface area contributed by atoms with Crippen LogP contribution in [0.2, 0.25) is 5.02 Å². The molecule has 0 aliphatic heterocycles. The molecule has 0 unspecified atom stereocenters. The van der Waals surface area contributed by atoms with Crippen molar-refractivity contribution in [1.82, 2.24) is 0 Å². The fourth-order valence-corrected chi connectivity index (χ4v) is 2.45. The number of aryl methyl sites for hydroxylation is 1. The van der Waals surface area contributed by atoms with E-state index >= 15 is 0 Å². The highest BCUT2D eigenvalue weighted by molar-refractivity contribution is 7.99. The molecule has 1 nitrogen and oxygen atoms in total. The largest absolute Gasteiger partial charge is 0.507 e. The van der Waals surface area contributed by atoms with Gasteiger partial charge in [-0.1, -0.05) is 36.4 Å². The molecule has 0 bridgehead atoms. The number of aromatic hydroxyl groups is 1. The van der Waals surface area contributed by atoms with Crippen molar-refractivity contribution in [2.45, 2.75) is 23.1 Å². The van der Waals surface area contributed by atoms with Crippen LogP contribution in [0, 0.1) is 0 Å². The fourth-order valence-electron chi connectivity index (χ4n) is 1.50. The Kier molecular flexibility index (Phi) is 3.97. The predicted molar refractivity (Wildman–Crippen MR) is 73.1 cm³/mol. The van der Waals surface area contributed by atoms with Crippen LogP contribution in [0.5, 0.6) is 5.75 Å². The highest BCUT2D eigenvalue weighted by Gasteiger charge is 2.04. The van der Waals surface area contributed by atoms with Crippen molar-refractivity contribution in [3.05, 3.63) is 53.1 Å². The first kappa shape index (κ1) is 12.3. The molecule has 17 heavy (non-hydrogen) atoms. The van der Waals surface area contributed by atoms with Crippen molar-refractivity contribution in [2.75, 3.05) is 0 Å². The van der Waals surface area contributed by atoms with E-state index in [2.05, 4.69) is 6.92 Å². The van der Waals surface area contributed by atoms with Crippen molar-refractivity contribution >= 4 is 23.4 Å². The van der Waals surface area contributed by atoms with Crippen molar-refractivity contribution < 1.29 is 5.11 Å². The summed E-state index contributed by atoms with van der Waals surface area (Å²) in [6, 6.07) is 13.4. The molecule has 0 atom stereocenters. The Morgan fingerprint density at radius 1 is 1.12 bits per heavy atom. The summed E-state index contributed by atoms with van der Waals surface area (Å²) in [5.74, 6) is 0.337. The molecule has 0 aliphatic carbocycles. The Hall–Kier alpha value is -1.12. The SMILES string of the molecule is CCc1ccc(Sc2ccc(Cl)cc2)c(O)c1. The molecule has 0 fully saturated rings. The number of rotatable bonds is 3. The van der Waals surface area contributed by atoms with E-state index < -0.39 is 0 Å². The predicted octanol–water partition coefficient (Wildman–Crippen LogP) is 4.76. The average molecular weight is 265 g/mol. The molecular formula is C14H13ClOS. The molecule has 3 heteroatoms. The van der Waals surface area contributed by atoms with Gasteiger partial charge in [0, 0.05) is 9.92 Å². The lowest BCUT2D eigenvalue weighted by molar-refractivity contribution is 0.461. The molecule has 88 valence electrons. The Bertz CT molecular complexity index is 508. The van der Waals surface area contributed by atoms with E-state index in [1.165, 1.54) is 11.8 Å². The van der Waals surface area contributed by atoms with Gasteiger partial charge in [-0.2, -0.15) is 0 Å². The lowest BCUT2D eigenvalue weighted by atomic mass is 10.2. The van der Waals surface area contributed by atoms with Gasteiger partial charge < -0.3 is 5.11 Å². The van der Waals surface area contributed by atoms with E-state index in [-0.39, 0.29) is 0 Å². The highest BCUT2D eigenvalue weighted by Crippen LogP contribution is 2.35. The van der Waals surface area contributed by atoms with Gasteiger partial charge in [0.2, 0.25) is 0 Å². The van der Waals surface area contributed by atoms with Crippen LogP contribution in [-0.4, -0.2) is 5.11 Å². The third-order valence-electron chi connectivity index (χ3n) is 2.47. The quantitative estimate of drug-likeness (QED) is 0.863. The first-order chi connectivity index (χ1) is 8.19. The molecule has 0 saturated carbocycles. The van der Waals surface area contributed by atoms with Crippen LogP contribution >= 0.6 is 23.4 Å². The smallest absolute Gasteiger partial charge is 0.129 e. The Balaban J connectivity index is 2.21. The zero-order chi connectivity index (χ0) is 12.3. The summed E-state index contributed by atoms with van der Waals surface area (Å²) in [4.78, 5) is 1.93. The molecule has 0 spiro atoms. The average Bonchev–Trinajstić information content (AvgIpc) is 2.34. The molecule has 1 N–H and O–H groups in total. The minimum atomic E-state index is 0.337. The summed E-state index contributed by atoms with van der Waals surface area (Å²) >= 11 is 7.36. The van der Waals surface area contributed by atoms with Crippen molar-refractivity contribution in [2.24, 2.45) is 0 Å². The van der Waals surface area contributed by atoms with Crippen LogP contribution in [0.1, 0.15) is 12.5 Å². The van der Waals surface area contributed by atoms with Gasteiger partial charge in [0.1, 0.15) is 5.75 Å². The Labute approximate surface area is 110 Å². The van der Waals surface area contributed by atoms with Gasteiger partial charge in [-0.15, -0.1) is 0 Å². The van der Waals surface area contributed by atoms with Crippen LogP contribution in [0.4, 0.5) is 0 Å². The van der Waals surface area contributed by atoms with Crippen molar-refractivity contribution in [3.63, 3.8) is 0 Å². The van der Waals surface area contributed by atoms with Crippen LogP contribution in [0.15, 0.2) is 52.3 Å². The van der Waals surface area contributed by atoms with Crippen LogP contribution in [0.25, 0.3) is 0 Å². The summed E-state index contributed by atoms with van der Waals surface area (Å²) in [5, 5.41) is 10.6. The van der Waals surface area contributed by atoms with Gasteiger partial charge >= 0.3 is 0 Å². The molecule has 0 radical (unpaired) electrons. The zero-order valence-electron chi connectivity index (χ0n) is 9.48. The maximum atomic E-state index is 9.89. The zero-order valence-corrected chi connectivity index (χ0v) is 11.1. The van der Waals surface area contributed by atoms with Gasteiger partial charge in [0.25, 0.3) is 0 Å². The molecule has 2 rings (SSSR count). The van der Waals surface area contributed by atoms with Crippen LogP contribution < -0.4 is 0 Å². The fraction of sp³-hybridized carbons (Fsp3) is 0.143. The summed E-state index contributed by atoms with van der Waals surface area (Å²) in [6.45, 7) is 2.07. The van der Waals surface area contributed by atoms with E-state index in [0.29, 0.717) is 5.75 Å². The molecule has 0 saturated heterocycles. The van der Waals surface area contributed by atoms with Gasteiger partial charge in [0.05, 0.1) is 4.90 Å². The molecule has 0 heterocycles. The van der Waals surface area contributed by atoms with Gasteiger partial charge in [-0.25, -0.2) is 0 Å². The number of hydrogen-bond acceptors (Lipinski definition) is 2. The first-order valence-electron chi connectivity index (χ1n) is 5.44. The number of phenolic OH excluding ortho intramolecular Hbond substituents is 1. The Morgan fingerprint density at radius 2 is 1.82 bits per heavy atom. The second-order valence-electron chi connectivity index (χ2n) is 3.71. The van der Waals surface area contributed by atoms with Crippen LogP contribution in [0.3, 0.4) is 0 Å². The van der Waals surface area contributed by atoms with Gasteiger partial charge in [-0.3, -0.25) is 0 Å². The molecule has 0 amide bonds. The second-order valence-corrected chi connectivity index (χ2v) is 5.26. The summed E-state index contributed by atoms with van der Waals surface area (Å²) in [7, 11) is 0. The molecule has 0 aliphatic rings. The number of benzene rings is 2. The topological polar surface area (TPSA) is 20.2 Å². The summed E-state index contributed by atoms with van der Waals surface area (Å²) in [6.07, 6.45) is 0.930. The van der Waals surface area contributed by atoms with Crippen LogP contribution in [-0.2, 0) is 6.42 Å². The van der Waals surface area contributed by atoms with Crippen molar-refractivity contribution in [3.8, 4) is 5.75 Å². The maximum Gasteiger partial charge on any atom is 0.129 e. The number of phenols is 1. The lowest BCUT2D eigenvalue weighted by Gasteiger charge is -2.06. The minimum Gasteiger partial charge on any atom is -0.507 e. The summed E-state index contributed by atoms with van der Waals surface area (Å²) < 4.78 is 0. The van der Waals surface area contributed by atoms with Gasteiger partial charge in [-0.05, 0) is 48.4 Å². The molecule has 0 aromatic heterocycles. The summed E-state index contributed by atoms with van der Waals surface area (Å²) in [5.41, 5.74) is 1.14. The van der Waals surface area contributed by atoms with E-state index in [4.69, 9.17) is 11.6 Å². The van der Waals surface area contributed by atoms with E-state index in [1.807, 2.05) is 42.5 Å². The first-order valence-corrected chi connectivity index (χ1v) is 6.64. The number of hydrogen-bond donors (Lipinski definition) is 1. The molecular weight excluding hydrogens is 252 g/mol. The highest BCUT2D eigenvalue weighted by atomic mass is 35.5. The molecule has 2 aromatic rings. The van der Waals surface area contributed by atoms with E-state index in [9.17, 15) is 5.11 Å². The third kappa shape index (κ3) is 3.18. The van der Waals surface area contributed by atoms with Crippen molar-refractivity contribution in [1.29, 1.82) is 0 Å². The maximum absolute atomic E-state index is 9.89.